The zero-order chi connectivity index (χ0) is 8.10. The summed E-state index contributed by atoms with van der Waals surface area (Å²) in [4.78, 5) is 0. The van der Waals surface area contributed by atoms with E-state index in [9.17, 15) is 0 Å². The van der Waals surface area contributed by atoms with Gasteiger partial charge in [-0.05, 0) is 5.56 Å². The van der Waals surface area contributed by atoms with Crippen molar-refractivity contribution >= 4 is 47.4 Å². The van der Waals surface area contributed by atoms with Gasteiger partial charge in [0.05, 0.1) is 0 Å². The molecule has 0 aliphatic heterocycles. The highest BCUT2D eigenvalue weighted by Gasteiger charge is 1.92. The largest absolute Gasteiger partial charge is 0.232 e. The molecule has 1 aromatic carbocycles. The van der Waals surface area contributed by atoms with Crippen LogP contribution >= 0.6 is 23.2 Å². The van der Waals surface area contributed by atoms with Gasteiger partial charge in [0.15, 0.2) is 0 Å². The van der Waals surface area contributed by atoms with Gasteiger partial charge in [0.2, 0.25) is 7.00 Å². The molecule has 0 saturated carbocycles. The van der Waals surface area contributed by atoms with Gasteiger partial charge in [-0.15, -0.1) is 0 Å². The fraction of sp³-hybridized carbons (Fsp3) is 0.143. The zero-order valence-electron chi connectivity index (χ0n) is 5.96. The predicted octanol–water partition coefficient (Wildman–Crippen LogP) is 1.97. The smallest absolute Gasteiger partial charge is 0.0876 e. The van der Waals surface area contributed by atoms with Gasteiger partial charge in [-0.1, -0.05) is 64.7 Å². The van der Waals surface area contributed by atoms with Crippen LogP contribution in [0.15, 0.2) is 24.3 Å². The minimum Gasteiger partial charge on any atom is -0.0876 e. The molecular weight excluding hydrogens is 238 g/mol. The molecule has 0 atom stereocenters. The molecule has 0 bridgehead atoms. The van der Waals surface area contributed by atoms with Crippen molar-refractivity contribution in [3.63, 3.8) is 0 Å². The average molecular weight is 245 g/mol. The molecule has 0 fully saturated rings. The van der Waals surface area contributed by atoms with Crippen molar-refractivity contribution in [2.75, 3.05) is 0 Å². The van der Waals surface area contributed by atoms with Gasteiger partial charge in [-0.3, -0.25) is 0 Å². The molecule has 0 aliphatic rings. The Bertz CT molecular complexity index is 237. The number of benzene rings is 1. The average Bonchev–Trinajstić information content (AvgIpc) is 2.07. The predicted molar refractivity (Wildman–Crippen MR) is 60.1 cm³/mol. The maximum absolute atomic E-state index is 4.86. The molecule has 0 N–H and O–H groups in total. The summed E-state index contributed by atoms with van der Waals surface area (Å²) in [5.74, 6) is 0. The van der Waals surface area contributed by atoms with Crippen molar-refractivity contribution in [3.8, 4) is 0 Å². The number of rotatable bonds is 3. The minimum atomic E-state index is 0.929. The van der Waals surface area contributed by atoms with Crippen molar-refractivity contribution in [3.05, 3.63) is 29.8 Å². The third-order valence-electron chi connectivity index (χ3n) is 1.42. The molecule has 56 valence electrons. The van der Waals surface area contributed by atoms with E-state index in [4.69, 9.17) is 11.8 Å². The first kappa shape index (κ1) is 9.37. The van der Waals surface area contributed by atoms with Crippen LogP contribution < -0.4 is 5.46 Å². The van der Waals surface area contributed by atoms with E-state index in [1.54, 1.807) is 0 Å². The summed E-state index contributed by atoms with van der Waals surface area (Å²) in [6.45, 7) is 0.984. The molecule has 0 aromatic heterocycles. The number of halogens is 1. The summed E-state index contributed by atoms with van der Waals surface area (Å²) < 4.78 is 0. The number of alkyl halides is 1. The number of hydrogen-bond donors (Lipinski definition) is 0. The second-order valence-electron chi connectivity index (χ2n) is 2.24. The molecule has 0 heterocycles. The zero-order valence-corrected chi connectivity index (χ0v) is 9.25. The Hall–Kier alpha value is 0.285. The van der Waals surface area contributed by atoms with Gasteiger partial charge in [-0.2, -0.15) is 0 Å². The third-order valence-corrected chi connectivity index (χ3v) is 2.95. The molecule has 0 spiro atoms. The van der Waals surface area contributed by atoms with Crippen LogP contribution in [-0.2, 0) is 17.1 Å². The molecule has 1 aromatic rings. The number of hydrogen-bond acceptors (Lipinski definition) is 1. The summed E-state index contributed by atoms with van der Waals surface area (Å²) in [6, 6.07) is 8.53. The molecule has 0 unspecified atom stereocenters. The summed E-state index contributed by atoms with van der Waals surface area (Å²) in [5.41, 5.74) is 2.64. The van der Waals surface area contributed by atoms with E-state index in [0.29, 0.717) is 0 Å². The van der Waals surface area contributed by atoms with Gasteiger partial charge >= 0.3 is 0 Å². The Morgan fingerprint density at radius 2 is 2.00 bits per heavy atom. The van der Waals surface area contributed by atoms with Crippen LogP contribution in [0.3, 0.4) is 0 Å². The Balaban J connectivity index is 2.74. The van der Waals surface area contributed by atoms with Gasteiger partial charge in [0.1, 0.15) is 0 Å². The highest BCUT2D eigenvalue weighted by atomic mass is 79.9. The standard InChI is InChI=1S/C7H7BBrPS/c9-5-6-1-3-7(4-2-6)8-10-11/h1-4,8H,5H2. The van der Waals surface area contributed by atoms with Crippen molar-refractivity contribution in [1.29, 1.82) is 0 Å². The van der Waals surface area contributed by atoms with E-state index in [1.165, 1.54) is 11.0 Å². The van der Waals surface area contributed by atoms with Gasteiger partial charge < -0.3 is 0 Å². The van der Waals surface area contributed by atoms with Crippen molar-refractivity contribution < 1.29 is 0 Å². The molecule has 0 nitrogen and oxygen atoms in total. The molecule has 4 heteroatoms. The van der Waals surface area contributed by atoms with Crippen molar-refractivity contribution in [1.82, 2.24) is 0 Å². The second kappa shape index (κ2) is 5.02. The summed E-state index contributed by atoms with van der Waals surface area (Å²) in [6.07, 6.45) is 0. The third kappa shape index (κ3) is 3.02. The molecule has 0 saturated heterocycles. The van der Waals surface area contributed by atoms with Crippen LogP contribution in [0, 0.1) is 0 Å². The second-order valence-corrected chi connectivity index (χ2v) is 4.15. The molecule has 11 heavy (non-hydrogen) atoms. The maximum atomic E-state index is 4.86. The highest BCUT2D eigenvalue weighted by Crippen LogP contribution is 2.02. The van der Waals surface area contributed by atoms with Crippen LogP contribution in [0.4, 0.5) is 0 Å². The molecule has 0 aliphatic carbocycles. The summed E-state index contributed by atoms with van der Waals surface area (Å²) in [7, 11) is 1.02. The first-order valence-electron chi connectivity index (χ1n) is 3.29. The Morgan fingerprint density at radius 3 is 2.45 bits per heavy atom. The summed E-state index contributed by atoms with van der Waals surface area (Å²) >= 11 is 8.26. The highest BCUT2D eigenvalue weighted by molar-refractivity contribution is 9.08. The van der Waals surface area contributed by atoms with E-state index in [-0.39, 0.29) is 0 Å². The van der Waals surface area contributed by atoms with Gasteiger partial charge in [0.25, 0.3) is 0 Å². The van der Waals surface area contributed by atoms with E-state index in [1.807, 2.05) is 0 Å². The van der Waals surface area contributed by atoms with Crippen molar-refractivity contribution in [2.24, 2.45) is 0 Å². The fourth-order valence-electron chi connectivity index (χ4n) is 0.808. The Morgan fingerprint density at radius 1 is 1.36 bits per heavy atom. The SMILES string of the molecule is S=PBc1ccc(CBr)cc1. The lowest BCUT2D eigenvalue weighted by molar-refractivity contribution is 1.45. The molecular formula is C7H7BBrPS. The van der Waals surface area contributed by atoms with Crippen LogP contribution in [0.5, 0.6) is 0 Å². The monoisotopic (exact) mass is 244 g/mol. The lowest BCUT2D eigenvalue weighted by Crippen LogP contribution is -2.07. The lowest BCUT2D eigenvalue weighted by Gasteiger charge is -1.96. The Kier molecular flexibility index (Phi) is 4.28. The molecule has 1 rings (SSSR count). The first-order chi connectivity index (χ1) is 5.36. The normalized spacial score (nSPS) is 9.91. The van der Waals surface area contributed by atoms with Gasteiger partial charge in [0, 0.05) is 5.33 Å². The van der Waals surface area contributed by atoms with Crippen molar-refractivity contribution in [2.45, 2.75) is 5.33 Å². The topological polar surface area (TPSA) is 0 Å². The first-order valence-corrected chi connectivity index (χ1v) is 6.51. The minimum absolute atomic E-state index is 0.929. The van der Waals surface area contributed by atoms with E-state index >= 15 is 0 Å². The Labute approximate surface area is 82.6 Å². The van der Waals surface area contributed by atoms with E-state index in [0.717, 1.165) is 19.6 Å². The van der Waals surface area contributed by atoms with E-state index < -0.39 is 0 Å². The molecule has 0 radical (unpaired) electrons. The quantitative estimate of drug-likeness (QED) is 0.445. The fourth-order valence-corrected chi connectivity index (χ4v) is 1.99. The van der Waals surface area contributed by atoms with Gasteiger partial charge in [-0.25, -0.2) is 0 Å². The van der Waals surface area contributed by atoms with Crippen LogP contribution in [0.25, 0.3) is 0 Å². The van der Waals surface area contributed by atoms with Crippen LogP contribution in [0.1, 0.15) is 5.56 Å². The lowest BCUT2D eigenvalue weighted by atomic mass is 9.94. The summed E-state index contributed by atoms with van der Waals surface area (Å²) in [5, 5.41) is 0.929. The van der Waals surface area contributed by atoms with Crippen LogP contribution in [-0.4, -0.2) is 7.00 Å². The van der Waals surface area contributed by atoms with Crippen LogP contribution in [0.2, 0.25) is 0 Å². The molecule has 0 amide bonds. The van der Waals surface area contributed by atoms with E-state index in [2.05, 4.69) is 40.2 Å². The maximum Gasteiger partial charge on any atom is 0.232 e.